The average molecular weight is 494 g/mol. The number of morpholine rings is 2. The molecule has 0 spiro atoms. The maximum atomic E-state index is 14.6. The maximum absolute atomic E-state index is 14.6. The summed E-state index contributed by atoms with van der Waals surface area (Å²) in [4.78, 5) is 14.5. The van der Waals surface area contributed by atoms with Crippen molar-refractivity contribution in [1.82, 2.24) is 4.31 Å². The van der Waals surface area contributed by atoms with Gasteiger partial charge in [0.25, 0.3) is 0 Å². The summed E-state index contributed by atoms with van der Waals surface area (Å²) in [5.74, 6) is -0.613. The SMILES string of the molecule is COc1ccc(CC(=O)Nc2ccc(N3CCOCC3)c(F)c2)cc1S(=O)(=O)N1CCOCC1. The molecular formula is C23H28FN3O6S. The molecule has 2 saturated heterocycles. The molecule has 0 bridgehead atoms. The fraction of sp³-hybridized carbons (Fsp3) is 0.435. The quantitative estimate of drug-likeness (QED) is 0.629. The molecule has 4 rings (SSSR count). The molecule has 2 aliphatic rings. The summed E-state index contributed by atoms with van der Waals surface area (Å²) < 4.78 is 58.0. The van der Waals surface area contributed by atoms with Gasteiger partial charge in [-0.1, -0.05) is 6.07 Å². The Kier molecular flexibility index (Phi) is 7.67. The van der Waals surface area contributed by atoms with E-state index in [9.17, 15) is 17.6 Å². The Morgan fingerprint density at radius 3 is 2.35 bits per heavy atom. The third-order valence-electron chi connectivity index (χ3n) is 5.76. The van der Waals surface area contributed by atoms with Crippen LogP contribution in [-0.2, 0) is 30.7 Å². The third-order valence-corrected chi connectivity index (χ3v) is 7.68. The van der Waals surface area contributed by atoms with E-state index in [1.165, 1.54) is 29.6 Å². The number of benzene rings is 2. The van der Waals surface area contributed by atoms with Gasteiger partial charge in [-0.15, -0.1) is 0 Å². The largest absolute Gasteiger partial charge is 0.495 e. The van der Waals surface area contributed by atoms with Gasteiger partial charge in [-0.3, -0.25) is 4.79 Å². The molecule has 0 aliphatic carbocycles. The van der Waals surface area contributed by atoms with Crippen LogP contribution in [0.1, 0.15) is 5.56 Å². The zero-order valence-corrected chi connectivity index (χ0v) is 19.8. The second-order valence-electron chi connectivity index (χ2n) is 7.99. The molecule has 2 aliphatic heterocycles. The van der Waals surface area contributed by atoms with Gasteiger partial charge in [-0.05, 0) is 35.9 Å². The first-order valence-electron chi connectivity index (χ1n) is 11.1. The number of methoxy groups -OCH3 is 1. The van der Waals surface area contributed by atoms with Crippen molar-refractivity contribution in [2.75, 3.05) is 69.9 Å². The Balaban J connectivity index is 1.47. The van der Waals surface area contributed by atoms with E-state index in [0.717, 1.165) is 0 Å². The summed E-state index contributed by atoms with van der Waals surface area (Å²) in [5, 5.41) is 2.68. The first-order chi connectivity index (χ1) is 16.4. The predicted molar refractivity (Wildman–Crippen MR) is 124 cm³/mol. The lowest BCUT2D eigenvalue weighted by molar-refractivity contribution is -0.115. The standard InChI is InChI=1S/C23H28FN3O6S/c1-31-21-5-2-17(14-22(21)34(29,30)27-8-12-33-13-9-27)15-23(28)25-18-3-4-20(19(24)16-18)26-6-10-32-11-7-26/h2-5,14,16H,6-13,15H2,1H3,(H,25,28). The van der Waals surface area contributed by atoms with Crippen LogP contribution in [0.4, 0.5) is 15.8 Å². The highest BCUT2D eigenvalue weighted by Gasteiger charge is 2.29. The molecule has 2 aromatic carbocycles. The molecule has 0 radical (unpaired) electrons. The van der Waals surface area contributed by atoms with E-state index in [0.29, 0.717) is 56.5 Å². The van der Waals surface area contributed by atoms with E-state index in [4.69, 9.17) is 14.2 Å². The summed E-state index contributed by atoms with van der Waals surface area (Å²) in [6, 6.07) is 9.19. The fourth-order valence-corrected chi connectivity index (χ4v) is 5.61. The smallest absolute Gasteiger partial charge is 0.246 e. The first-order valence-corrected chi connectivity index (χ1v) is 12.5. The number of ether oxygens (including phenoxy) is 3. The number of rotatable bonds is 7. The van der Waals surface area contributed by atoms with Crippen LogP contribution >= 0.6 is 0 Å². The Morgan fingerprint density at radius 2 is 1.71 bits per heavy atom. The summed E-state index contributed by atoms with van der Waals surface area (Å²) >= 11 is 0. The topological polar surface area (TPSA) is 97.4 Å². The first kappa shape index (κ1) is 24.4. The maximum Gasteiger partial charge on any atom is 0.246 e. The van der Waals surface area contributed by atoms with Gasteiger partial charge in [0.05, 0.1) is 45.6 Å². The third kappa shape index (κ3) is 5.49. The molecule has 2 fully saturated rings. The van der Waals surface area contributed by atoms with Gasteiger partial charge in [-0.25, -0.2) is 12.8 Å². The molecule has 2 aromatic rings. The van der Waals surface area contributed by atoms with E-state index < -0.39 is 21.7 Å². The van der Waals surface area contributed by atoms with Crippen molar-refractivity contribution in [3.05, 3.63) is 47.8 Å². The summed E-state index contributed by atoms with van der Waals surface area (Å²) in [7, 11) is -2.41. The van der Waals surface area contributed by atoms with E-state index in [1.807, 2.05) is 4.90 Å². The van der Waals surface area contributed by atoms with Crippen molar-refractivity contribution in [2.24, 2.45) is 0 Å². The number of hydrogen-bond acceptors (Lipinski definition) is 7. The highest BCUT2D eigenvalue weighted by Crippen LogP contribution is 2.29. The van der Waals surface area contributed by atoms with Gasteiger partial charge in [0.2, 0.25) is 15.9 Å². The van der Waals surface area contributed by atoms with Crippen LogP contribution < -0.4 is 15.0 Å². The van der Waals surface area contributed by atoms with Crippen molar-refractivity contribution in [3.8, 4) is 5.75 Å². The number of carbonyl (C=O) groups excluding carboxylic acids is 1. The second-order valence-corrected chi connectivity index (χ2v) is 9.90. The normalized spacial score (nSPS) is 17.4. The molecule has 0 aromatic heterocycles. The number of hydrogen-bond donors (Lipinski definition) is 1. The van der Waals surface area contributed by atoms with Gasteiger partial charge in [0.1, 0.15) is 16.5 Å². The van der Waals surface area contributed by atoms with E-state index in [2.05, 4.69) is 5.32 Å². The number of sulfonamides is 1. The number of nitrogens with one attached hydrogen (secondary N) is 1. The van der Waals surface area contributed by atoms with Crippen molar-refractivity contribution in [2.45, 2.75) is 11.3 Å². The Labute approximate surface area is 198 Å². The van der Waals surface area contributed by atoms with Crippen LogP contribution in [-0.4, -0.2) is 78.3 Å². The molecule has 1 N–H and O–H groups in total. The van der Waals surface area contributed by atoms with Crippen LogP contribution in [0, 0.1) is 5.82 Å². The van der Waals surface area contributed by atoms with Gasteiger partial charge in [0.15, 0.2) is 0 Å². The molecule has 1 amide bonds. The monoisotopic (exact) mass is 493 g/mol. The van der Waals surface area contributed by atoms with Crippen LogP contribution in [0.25, 0.3) is 0 Å². The molecule has 0 atom stereocenters. The van der Waals surface area contributed by atoms with Crippen LogP contribution in [0.15, 0.2) is 41.3 Å². The van der Waals surface area contributed by atoms with Crippen LogP contribution in [0.3, 0.4) is 0 Å². The number of nitrogens with zero attached hydrogens (tertiary/aromatic N) is 2. The van der Waals surface area contributed by atoms with Gasteiger partial charge >= 0.3 is 0 Å². The predicted octanol–water partition coefficient (Wildman–Crippen LogP) is 1.87. The fourth-order valence-electron chi connectivity index (χ4n) is 3.99. The Bertz CT molecular complexity index is 1130. The van der Waals surface area contributed by atoms with Crippen molar-refractivity contribution >= 4 is 27.3 Å². The molecule has 11 heteroatoms. The number of carbonyl (C=O) groups is 1. The minimum absolute atomic E-state index is 0.00288. The van der Waals surface area contributed by atoms with E-state index >= 15 is 0 Å². The average Bonchev–Trinajstić information content (AvgIpc) is 2.85. The Hall–Kier alpha value is -2.73. The van der Waals surface area contributed by atoms with E-state index in [-0.39, 0.29) is 30.2 Å². The molecule has 184 valence electrons. The van der Waals surface area contributed by atoms with Crippen LogP contribution in [0.5, 0.6) is 5.75 Å². The number of anilines is 2. The molecule has 34 heavy (non-hydrogen) atoms. The van der Waals surface area contributed by atoms with Crippen molar-refractivity contribution in [1.29, 1.82) is 0 Å². The highest BCUT2D eigenvalue weighted by atomic mass is 32.2. The molecule has 0 unspecified atom stereocenters. The van der Waals surface area contributed by atoms with Crippen molar-refractivity contribution in [3.63, 3.8) is 0 Å². The second kappa shape index (κ2) is 10.7. The molecule has 0 saturated carbocycles. The highest BCUT2D eigenvalue weighted by molar-refractivity contribution is 7.89. The lowest BCUT2D eigenvalue weighted by Crippen LogP contribution is -2.40. The summed E-state index contributed by atoms with van der Waals surface area (Å²) in [5.41, 5.74) is 1.29. The molecular weight excluding hydrogens is 465 g/mol. The minimum atomic E-state index is -3.81. The molecule has 9 nitrogen and oxygen atoms in total. The number of halogens is 1. The van der Waals surface area contributed by atoms with Gasteiger partial charge in [0, 0.05) is 31.9 Å². The zero-order chi connectivity index (χ0) is 24.1. The van der Waals surface area contributed by atoms with E-state index in [1.54, 1.807) is 18.2 Å². The van der Waals surface area contributed by atoms with Gasteiger partial charge < -0.3 is 24.4 Å². The Morgan fingerprint density at radius 1 is 1.03 bits per heavy atom. The summed E-state index contributed by atoms with van der Waals surface area (Å²) in [6.45, 7) is 3.46. The van der Waals surface area contributed by atoms with Crippen LogP contribution in [0.2, 0.25) is 0 Å². The minimum Gasteiger partial charge on any atom is -0.495 e. The zero-order valence-electron chi connectivity index (χ0n) is 19.0. The van der Waals surface area contributed by atoms with Crippen molar-refractivity contribution < 1.29 is 31.8 Å². The number of amides is 1. The lowest BCUT2D eigenvalue weighted by atomic mass is 10.1. The lowest BCUT2D eigenvalue weighted by Gasteiger charge is -2.29. The molecule has 2 heterocycles. The van der Waals surface area contributed by atoms with Gasteiger partial charge in [-0.2, -0.15) is 4.31 Å². The summed E-state index contributed by atoms with van der Waals surface area (Å²) in [6.07, 6.45) is -0.0809.